The molecule has 0 spiro atoms. The van der Waals surface area contributed by atoms with E-state index in [1.165, 1.54) is 18.2 Å². The second-order valence-corrected chi connectivity index (χ2v) is 4.93. The highest BCUT2D eigenvalue weighted by atomic mass is 16.3. The largest absolute Gasteiger partial charge is 0.502 e. The van der Waals surface area contributed by atoms with Crippen LogP contribution in [0.2, 0.25) is 0 Å². The highest BCUT2D eigenvalue weighted by Crippen LogP contribution is 2.19. The second kappa shape index (κ2) is 6.14. The van der Waals surface area contributed by atoms with Gasteiger partial charge in [0.05, 0.1) is 17.0 Å². The van der Waals surface area contributed by atoms with Crippen LogP contribution in [-0.2, 0) is 0 Å². The first kappa shape index (κ1) is 15.1. The van der Waals surface area contributed by atoms with Gasteiger partial charge < -0.3 is 20.2 Å². The summed E-state index contributed by atoms with van der Waals surface area (Å²) in [7, 11) is 0. The van der Waals surface area contributed by atoms with Crippen LogP contribution < -0.4 is 16.1 Å². The number of amides is 2. The average Bonchev–Trinajstić information content (AvgIpc) is 2.58. The van der Waals surface area contributed by atoms with Gasteiger partial charge in [-0.15, -0.1) is 0 Å². The van der Waals surface area contributed by atoms with E-state index in [2.05, 4.69) is 10.6 Å². The van der Waals surface area contributed by atoms with E-state index in [1.807, 2.05) is 6.07 Å². The molecular weight excluding hydrogens is 310 g/mol. The second-order valence-electron chi connectivity index (χ2n) is 4.93. The minimum Gasteiger partial charge on any atom is -0.502 e. The number of nitrogens with one attached hydrogen (secondary N) is 2. The monoisotopic (exact) mass is 321 g/mol. The van der Waals surface area contributed by atoms with Crippen LogP contribution in [0.5, 0.6) is 5.75 Å². The van der Waals surface area contributed by atoms with Gasteiger partial charge >= 0.3 is 6.03 Å². The molecule has 0 unspecified atom stereocenters. The number of rotatable bonds is 2. The van der Waals surface area contributed by atoms with E-state index in [1.54, 1.807) is 24.3 Å². The molecule has 2 aromatic carbocycles. The van der Waals surface area contributed by atoms with Crippen molar-refractivity contribution in [1.29, 1.82) is 5.26 Å². The first-order chi connectivity index (χ1) is 11.6. The number of hydrogen-bond donors (Lipinski definition) is 3. The number of benzene rings is 2. The standard InChI is InChI=1S/C17H11N3O4/c18-8-10-2-1-3-11(6-10)19-17(23)20-12-4-5-15-13(7-12)16(22)14(21)9-24-15/h1-7,9,21H,(H2,19,20,23). The van der Waals surface area contributed by atoms with Crippen LogP contribution in [0.1, 0.15) is 5.56 Å². The lowest BCUT2D eigenvalue weighted by molar-refractivity contribution is 0.262. The van der Waals surface area contributed by atoms with Gasteiger partial charge in [-0.25, -0.2) is 4.79 Å². The lowest BCUT2D eigenvalue weighted by atomic mass is 10.2. The molecule has 3 rings (SSSR count). The van der Waals surface area contributed by atoms with Crippen molar-refractivity contribution in [2.45, 2.75) is 0 Å². The van der Waals surface area contributed by atoms with E-state index in [4.69, 9.17) is 9.68 Å². The maximum absolute atomic E-state index is 12.0. The number of urea groups is 1. The highest BCUT2D eigenvalue weighted by Gasteiger charge is 2.09. The zero-order valence-electron chi connectivity index (χ0n) is 12.2. The summed E-state index contributed by atoms with van der Waals surface area (Å²) < 4.78 is 5.10. The third kappa shape index (κ3) is 3.03. The number of hydrogen-bond acceptors (Lipinski definition) is 5. The SMILES string of the molecule is N#Cc1cccc(NC(=O)Nc2ccc3occ(O)c(=O)c3c2)c1. The molecule has 7 nitrogen and oxygen atoms in total. The summed E-state index contributed by atoms with van der Waals surface area (Å²) in [4.78, 5) is 23.9. The molecule has 0 saturated carbocycles. The molecule has 0 aliphatic rings. The predicted octanol–water partition coefficient (Wildman–Crippen LogP) is 3.01. The molecule has 3 aromatic rings. The van der Waals surface area contributed by atoms with Crippen LogP contribution in [0.15, 0.2) is 57.9 Å². The number of carbonyl (C=O) groups excluding carboxylic acids is 1. The van der Waals surface area contributed by atoms with Gasteiger partial charge in [0.2, 0.25) is 5.43 Å². The quantitative estimate of drug-likeness (QED) is 0.671. The molecule has 1 heterocycles. The van der Waals surface area contributed by atoms with Crippen LogP contribution >= 0.6 is 0 Å². The van der Waals surface area contributed by atoms with Gasteiger partial charge in [-0.1, -0.05) is 6.07 Å². The van der Waals surface area contributed by atoms with Crippen LogP contribution in [0, 0.1) is 11.3 Å². The van der Waals surface area contributed by atoms with Crippen molar-refractivity contribution in [3.05, 3.63) is 64.5 Å². The van der Waals surface area contributed by atoms with Gasteiger partial charge in [0, 0.05) is 11.4 Å². The average molecular weight is 321 g/mol. The zero-order chi connectivity index (χ0) is 17.1. The zero-order valence-corrected chi connectivity index (χ0v) is 12.2. The summed E-state index contributed by atoms with van der Waals surface area (Å²) in [5.74, 6) is -0.502. The molecule has 2 amide bonds. The minimum atomic E-state index is -0.581. The van der Waals surface area contributed by atoms with Crippen molar-refractivity contribution in [1.82, 2.24) is 0 Å². The molecule has 0 radical (unpaired) electrons. The molecule has 1 aromatic heterocycles. The van der Waals surface area contributed by atoms with Gasteiger partial charge in [-0.3, -0.25) is 4.79 Å². The Hall–Kier alpha value is -3.79. The summed E-state index contributed by atoms with van der Waals surface area (Å²) in [5.41, 5.74) is 0.956. The molecule has 118 valence electrons. The number of anilines is 2. The lowest BCUT2D eigenvalue weighted by Gasteiger charge is -2.08. The number of aromatic hydroxyl groups is 1. The number of nitrogens with zero attached hydrogens (tertiary/aromatic N) is 1. The fourth-order valence-electron chi connectivity index (χ4n) is 2.16. The molecule has 24 heavy (non-hydrogen) atoms. The molecule has 0 aliphatic heterocycles. The number of fused-ring (bicyclic) bond motifs is 1. The molecule has 3 N–H and O–H groups in total. The topological polar surface area (TPSA) is 115 Å². The van der Waals surface area contributed by atoms with Gasteiger partial charge in [-0.2, -0.15) is 5.26 Å². The summed E-state index contributed by atoms with van der Waals surface area (Å²) in [6.07, 6.45) is 0.965. The van der Waals surface area contributed by atoms with E-state index >= 15 is 0 Å². The first-order valence-corrected chi connectivity index (χ1v) is 6.89. The Morgan fingerprint density at radius 3 is 2.62 bits per heavy atom. The van der Waals surface area contributed by atoms with Crippen LogP contribution in [0.4, 0.5) is 16.2 Å². The Kier molecular flexibility index (Phi) is 3.87. The van der Waals surface area contributed by atoms with E-state index in [9.17, 15) is 14.7 Å². The van der Waals surface area contributed by atoms with Gasteiger partial charge in [0.1, 0.15) is 11.8 Å². The van der Waals surface area contributed by atoms with Gasteiger partial charge in [0.25, 0.3) is 0 Å². The number of carbonyl (C=O) groups is 1. The molecule has 0 atom stereocenters. The van der Waals surface area contributed by atoms with Crippen molar-refractivity contribution in [2.24, 2.45) is 0 Å². The Morgan fingerprint density at radius 2 is 1.88 bits per heavy atom. The molecule has 0 saturated heterocycles. The van der Waals surface area contributed by atoms with E-state index < -0.39 is 17.2 Å². The molecular formula is C17H11N3O4. The maximum Gasteiger partial charge on any atom is 0.323 e. The summed E-state index contributed by atoms with van der Waals surface area (Å²) in [6.45, 7) is 0. The number of nitriles is 1. The normalized spacial score (nSPS) is 10.1. The van der Waals surface area contributed by atoms with Crippen LogP contribution in [-0.4, -0.2) is 11.1 Å². The Bertz CT molecular complexity index is 1030. The predicted molar refractivity (Wildman–Crippen MR) is 87.9 cm³/mol. The van der Waals surface area contributed by atoms with E-state index in [0.29, 0.717) is 22.5 Å². The molecule has 7 heteroatoms. The third-order valence-corrected chi connectivity index (χ3v) is 3.26. The fraction of sp³-hybridized carbons (Fsp3) is 0. The summed E-state index contributed by atoms with van der Waals surface area (Å²) >= 11 is 0. The Morgan fingerprint density at radius 1 is 1.12 bits per heavy atom. The Balaban J connectivity index is 1.81. The van der Waals surface area contributed by atoms with Crippen LogP contribution in [0.3, 0.4) is 0 Å². The van der Waals surface area contributed by atoms with Gasteiger partial charge in [0.15, 0.2) is 5.75 Å². The summed E-state index contributed by atoms with van der Waals surface area (Å²) in [5, 5.41) is 23.6. The van der Waals surface area contributed by atoms with E-state index in [0.717, 1.165) is 6.26 Å². The van der Waals surface area contributed by atoms with Crippen molar-refractivity contribution in [3.63, 3.8) is 0 Å². The smallest absolute Gasteiger partial charge is 0.323 e. The van der Waals surface area contributed by atoms with Crippen LogP contribution in [0.25, 0.3) is 11.0 Å². The van der Waals surface area contributed by atoms with Gasteiger partial charge in [-0.05, 0) is 36.4 Å². The Labute approximate surface area is 135 Å². The molecule has 0 fully saturated rings. The maximum atomic E-state index is 12.0. The lowest BCUT2D eigenvalue weighted by Crippen LogP contribution is -2.19. The van der Waals surface area contributed by atoms with E-state index in [-0.39, 0.29) is 5.39 Å². The van der Waals surface area contributed by atoms with Crippen molar-refractivity contribution in [3.8, 4) is 11.8 Å². The highest BCUT2D eigenvalue weighted by molar-refractivity contribution is 6.00. The summed E-state index contributed by atoms with van der Waals surface area (Å²) in [6, 6.07) is 12.4. The van der Waals surface area contributed by atoms with Crippen molar-refractivity contribution >= 4 is 28.4 Å². The minimum absolute atomic E-state index is 0.152. The van der Waals surface area contributed by atoms with Crippen molar-refractivity contribution in [2.75, 3.05) is 10.6 Å². The van der Waals surface area contributed by atoms with Crippen molar-refractivity contribution < 1.29 is 14.3 Å². The molecule has 0 bridgehead atoms. The molecule has 0 aliphatic carbocycles. The first-order valence-electron chi connectivity index (χ1n) is 6.89. The fourth-order valence-corrected chi connectivity index (χ4v) is 2.16. The third-order valence-electron chi connectivity index (χ3n) is 3.26.